The highest BCUT2D eigenvalue weighted by molar-refractivity contribution is 6.03. The van der Waals surface area contributed by atoms with Crippen molar-refractivity contribution in [2.45, 2.75) is 45.1 Å². The normalized spacial score (nSPS) is 18.3. The van der Waals surface area contributed by atoms with Crippen LogP contribution in [0.1, 0.15) is 59.4 Å². The number of carbonyl (C=O) groups is 2. The van der Waals surface area contributed by atoms with Gasteiger partial charge in [0, 0.05) is 24.1 Å². The van der Waals surface area contributed by atoms with Crippen LogP contribution in [0.4, 0.5) is 5.82 Å². The van der Waals surface area contributed by atoms with Gasteiger partial charge in [0.1, 0.15) is 11.9 Å². The number of rotatable bonds is 3. The first-order valence-electron chi connectivity index (χ1n) is 10.5. The van der Waals surface area contributed by atoms with E-state index in [-0.39, 0.29) is 23.1 Å². The van der Waals surface area contributed by atoms with Crippen molar-refractivity contribution in [3.05, 3.63) is 82.5 Å². The Balaban J connectivity index is 1.78. The Bertz CT molecular complexity index is 1120. The van der Waals surface area contributed by atoms with E-state index in [0.717, 1.165) is 16.8 Å². The molecule has 4 rings (SSSR count). The van der Waals surface area contributed by atoms with Crippen molar-refractivity contribution in [1.82, 2.24) is 15.1 Å². The first kappa shape index (κ1) is 20.8. The standard InChI is InChI=1S/C25H28N4O2/c1-15-19-20(16-11-13-18(14-12-16)25(2,3)4)21(24(31)27-22(19)29(5)28-15)26-23(30)17-9-7-6-8-10-17/h6-14,20-21H,1-5H3,(H,26,30)(H,27,31). The zero-order chi connectivity index (χ0) is 22.3. The fourth-order valence-electron chi connectivity index (χ4n) is 4.22. The maximum absolute atomic E-state index is 13.1. The molecule has 0 fully saturated rings. The first-order valence-corrected chi connectivity index (χ1v) is 10.5. The fourth-order valence-corrected chi connectivity index (χ4v) is 4.22. The third-order valence-corrected chi connectivity index (χ3v) is 5.90. The van der Waals surface area contributed by atoms with Crippen molar-refractivity contribution in [2.24, 2.45) is 7.05 Å². The lowest BCUT2D eigenvalue weighted by atomic mass is 9.80. The van der Waals surface area contributed by atoms with E-state index in [1.807, 2.05) is 32.2 Å². The lowest BCUT2D eigenvalue weighted by Gasteiger charge is -2.33. The third kappa shape index (κ3) is 3.85. The summed E-state index contributed by atoms with van der Waals surface area (Å²) >= 11 is 0. The topological polar surface area (TPSA) is 76.0 Å². The van der Waals surface area contributed by atoms with Crippen LogP contribution in [0.25, 0.3) is 0 Å². The Morgan fingerprint density at radius 2 is 1.71 bits per heavy atom. The van der Waals surface area contributed by atoms with Gasteiger partial charge in [0.25, 0.3) is 5.91 Å². The summed E-state index contributed by atoms with van der Waals surface area (Å²) in [5.41, 5.74) is 4.50. The second-order valence-electron chi connectivity index (χ2n) is 9.13. The quantitative estimate of drug-likeness (QED) is 0.680. The first-order chi connectivity index (χ1) is 14.7. The van der Waals surface area contributed by atoms with E-state index in [2.05, 4.69) is 60.8 Å². The van der Waals surface area contributed by atoms with Gasteiger partial charge in [0.15, 0.2) is 0 Å². The van der Waals surface area contributed by atoms with Crippen LogP contribution >= 0.6 is 0 Å². The molecule has 0 bridgehead atoms. The second-order valence-corrected chi connectivity index (χ2v) is 9.13. The minimum atomic E-state index is -0.747. The Morgan fingerprint density at radius 3 is 2.32 bits per heavy atom. The number of hydrogen-bond acceptors (Lipinski definition) is 3. The van der Waals surface area contributed by atoms with Gasteiger partial charge in [-0.15, -0.1) is 0 Å². The van der Waals surface area contributed by atoms with Gasteiger partial charge in [-0.05, 0) is 35.6 Å². The summed E-state index contributed by atoms with van der Waals surface area (Å²) in [6.45, 7) is 8.44. The minimum absolute atomic E-state index is 0.0266. The number of anilines is 1. The van der Waals surface area contributed by atoms with Crippen LogP contribution in [0.2, 0.25) is 0 Å². The summed E-state index contributed by atoms with van der Waals surface area (Å²) in [5.74, 6) is -0.177. The maximum atomic E-state index is 13.1. The van der Waals surface area contributed by atoms with E-state index >= 15 is 0 Å². The van der Waals surface area contributed by atoms with Gasteiger partial charge >= 0.3 is 0 Å². The fraction of sp³-hybridized carbons (Fsp3) is 0.320. The molecule has 2 unspecified atom stereocenters. The lowest BCUT2D eigenvalue weighted by Crippen LogP contribution is -2.50. The van der Waals surface area contributed by atoms with E-state index in [4.69, 9.17) is 0 Å². The molecule has 31 heavy (non-hydrogen) atoms. The molecule has 1 aliphatic rings. The van der Waals surface area contributed by atoms with Crippen molar-refractivity contribution in [3.8, 4) is 0 Å². The molecule has 2 atom stereocenters. The average Bonchev–Trinajstić information content (AvgIpc) is 3.01. The highest BCUT2D eigenvalue weighted by atomic mass is 16.2. The van der Waals surface area contributed by atoms with Crippen molar-refractivity contribution in [1.29, 1.82) is 0 Å². The van der Waals surface area contributed by atoms with E-state index < -0.39 is 6.04 Å². The molecule has 2 heterocycles. The largest absolute Gasteiger partial charge is 0.339 e. The van der Waals surface area contributed by atoms with Gasteiger partial charge in [-0.3, -0.25) is 14.3 Å². The van der Waals surface area contributed by atoms with Crippen molar-refractivity contribution >= 4 is 17.6 Å². The molecule has 3 aromatic rings. The summed E-state index contributed by atoms with van der Waals surface area (Å²) in [6.07, 6.45) is 0. The lowest BCUT2D eigenvalue weighted by molar-refractivity contribution is -0.118. The number of hydrogen-bond donors (Lipinski definition) is 2. The summed E-state index contributed by atoms with van der Waals surface area (Å²) in [4.78, 5) is 26.0. The predicted octanol–water partition coefficient (Wildman–Crippen LogP) is 3.91. The molecule has 1 aromatic heterocycles. The van der Waals surface area contributed by atoms with Crippen LogP contribution in [0.15, 0.2) is 54.6 Å². The summed E-state index contributed by atoms with van der Waals surface area (Å²) in [6, 6.07) is 16.5. The molecule has 6 heteroatoms. The molecule has 2 amide bonds. The summed E-state index contributed by atoms with van der Waals surface area (Å²) in [7, 11) is 1.81. The number of fused-ring (bicyclic) bond motifs is 1. The average molecular weight is 417 g/mol. The molecule has 0 aliphatic carbocycles. The molecule has 160 valence electrons. The smallest absolute Gasteiger partial charge is 0.251 e. The Kier molecular flexibility index (Phi) is 5.17. The maximum Gasteiger partial charge on any atom is 0.251 e. The number of benzene rings is 2. The van der Waals surface area contributed by atoms with Crippen LogP contribution in [0.3, 0.4) is 0 Å². The Labute approximate surface area is 182 Å². The van der Waals surface area contributed by atoms with Crippen LogP contribution < -0.4 is 10.6 Å². The molecule has 1 aliphatic heterocycles. The van der Waals surface area contributed by atoms with Crippen molar-refractivity contribution in [3.63, 3.8) is 0 Å². The van der Waals surface area contributed by atoms with Gasteiger partial charge in [0.2, 0.25) is 5.91 Å². The summed E-state index contributed by atoms with van der Waals surface area (Å²) in [5, 5.41) is 10.4. The molecular formula is C25H28N4O2. The Morgan fingerprint density at radius 1 is 1.06 bits per heavy atom. The van der Waals surface area contributed by atoms with Crippen LogP contribution in [-0.2, 0) is 17.3 Å². The predicted molar refractivity (Wildman–Crippen MR) is 121 cm³/mol. The van der Waals surface area contributed by atoms with E-state index in [0.29, 0.717) is 11.4 Å². The zero-order valence-corrected chi connectivity index (χ0v) is 18.6. The Hall–Kier alpha value is -3.41. The molecule has 0 radical (unpaired) electrons. The molecule has 2 aromatic carbocycles. The van der Waals surface area contributed by atoms with Crippen molar-refractivity contribution in [2.75, 3.05) is 5.32 Å². The molecule has 0 spiro atoms. The number of nitrogens with one attached hydrogen (secondary N) is 2. The molecule has 2 N–H and O–H groups in total. The van der Waals surface area contributed by atoms with Gasteiger partial charge < -0.3 is 10.6 Å². The molecular weight excluding hydrogens is 388 g/mol. The van der Waals surface area contributed by atoms with Crippen LogP contribution in [0.5, 0.6) is 0 Å². The van der Waals surface area contributed by atoms with E-state index in [9.17, 15) is 9.59 Å². The van der Waals surface area contributed by atoms with Gasteiger partial charge in [-0.25, -0.2) is 0 Å². The molecule has 0 saturated heterocycles. The number of carbonyl (C=O) groups excluding carboxylic acids is 2. The van der Waals surface area contributed by atoms with Gasteiger partial charge in [0.05, 0.1) is 5.69 Å². The van der Waals surface area contributed by atoms with Gasteiger partial charge in [-0.2, -0.15) is 5.10 Å². The molecule has 0 saturated carbocycles. The molecule has 6 nitrogen and oxygen atoms in total. The van der Waals surface area contributed by atoms with Crippen molar-refractivity contribution < 1.29 is 9.59 Å². The number of nitrogens with zero attached hydrogens (tertiary/aromatic N) is 2. The number of amides is 2. The second kappa shape index (κ2) is 7.69. The third-order valence-electron chi connectivity index (χ3n) is 5.90. The monoisotopic (exact) mass is 416 g/mol. The number of aryl methyl sites for hydroxylation is 2. The van der Waals surface area contributed by atoms with E-state index in [1.165, 1.54) is 5.56 Å². The van der Waals surface area contributed by atoms with Gasteiger partial charge in [-0.1, -0.05) is 63.2 Å². The minimum Gasteiger partial charge on any atom is -0.339 e. The highest BCUT2D eigenvalue weighted by Gasteiger charge is 2.41. The SMILES string of the molecule is Cc1nn(C)c2c1C(c1ccc(C(C)(C)C)cc1)C(NC(=O)c1ccccc1)C(=O)N2. The number of aromatic nitrogens is 2. The van der Waals surface area contributed by atoms with Crippen LogP contribution in [0, 0.1) is 6.92 Å². The van der Waals surface area contributed by atoms with E-state index in [1.54, 1.807) is 16.8 Å². The zero-order valence-electron chi connectivity index (χ0n) is 18.6. The highest BCUT2D eigenvalue weighted by Crippen LogP contribution is 2.39. The van der Waals surface area contributed by atoms with Crippen LogP contribution in [-0.4, -0.2) is 27.6 Å². The summed E-state index contributed by atoms with van der Waals surface area (Å²) < 4.78 is 1.69.